The molecule has 2 aromatic rings. The highest BCUT2D eigenvalue weighted by molar-refractivity contribution is 6.30. The molecule has 0 spiro atoms. The van der Waals surface area contributed by atoms with E-state index in [-0.39, 0.29) is 18.2 Å². The van der Waals surface area contributed by atoms with Gasteiger partial charge in [-0.1, -0.05) is 29.8 Å². The first-order valence-electron chi connectivity index (χ1n) is 6.18. The number of carbonyl (C=O) groups excluding carboxylic acids is 1. The fraction of sp³-hybridized carbons (Fsp3) is 0.133. The Bertz CT molecular complexity index is 585. The summed E-state index contributed by atoms with van der Waals surface area (Å²) in [4.78, 5) is 11.7. The third kappa shape index (κ3) is 4.26. The first-order valence-corrected chi connectivity index (χ1v) is 6.56. The Morgan fingerprint density at radius 1 is 1.10 bits per heavy atom. The zero-order valence-electron chi connectivity index (χ0n) is 10.8. The molecule has 0 atom stereocenters. The summed E-state index contributed by atoms with van der Waals surface area (Å²) in [6, 6.07) is 13.9. The molecule has 3 N–H and O–H groups in total. The van der Waals surface area contributed by atoms with Gasteiger partial charge in [-0.2, -0.15) is 0 Å². The number of hydrogen-bond donors (Lipinski definition) is 3. The van der Waals surface area contributed by atoms with Crippen molar-refractivity contribution in [1.29, 1.82) is 0 Å². The maximum absolute atomic E-state index is 11.7. The van der Waals surface area contributed by atoms with Crippen LogP contribution in [0.25, 0.3) is 0 Å². The predicted molar refractivity (Wildman–Crippen MR) is 79.9 cm³/mol. The molecule has 5 heteroatoms. The Balaban J connectivity index is 1.78. The van der Waals surface area contributed by atoms with Crippen molar-refractivity contribution in [2.24, 2.45) is 0 Å². The molecule has 0 aliphatic heterocycles. The van der Waals surface area contributed by atoms with Crippen LogP contribution in [-0.4, -0.2) is 17.6 Å². The van der Waals surface area contributed by atoms with Crippen molar-refractivity contribution in [3.05, 3.63) is 59.1 Å². The summed E-state index contributed by atoms with van der Waals surface area (Å²) in [5, 5.41) is 15.9. The van der Waals surface area contributed by atoms with Gasteiger partial charge in [-0.25, -0.2) is 0 Å². The maximum Gasteiger partial charge on any atom is 0.238 e. The van der Waals surface area contributed by atoms with Crippen LogP contribution in [-0.2, 0) is 11.3 Å². The van der Waals surface area contributed by atoms with Crippen molar-refractivity contribution < 1.29 is 9.90 Å². The summed E-state index contributed by atoms with van der Waals surface area (Å²) in [6.45, 7) is 0.595. The number of carbonyl (C=O) groups is 1. The van der Waals surface area contributed by atoms with Gasteiger partial charge in [-0.3, -0.25) is 4.79 Å². The Labute approximate surface area is 122 Å². The highest BCUT2D eigenvalue weighted by Crippen LogP contribution is 2.15. The van der Waals surface area contributed by atoms with E-state index in [2.05, 4.69) is 10.6 Å². The molecule has 0 unspecified atom stereocenters. The lowest BCUT2D eigenvalue weighted by Gasteiger charge is -2.08. The van der Waals surface area contributed by atoms with Gasteiger partial charge in [0.25, 0.3) is 0 Å². The summed E-state index contributed by atoms with van der Waals surface area (Å²) in [6.07, 6.45) is 0. The standard InChI is InChI=1S/C15H15ClN2O2/c16-12-5-7-13(8-6-12)18-15(20)10-17-9-11-3-1-2-4-14(11)19/h1-8,17,19H,9-10H2,(H,18,20). The lowest BCUT2D eigenvalue weighted by molar-refractivity contribution is -0.115. The van der Waals surface area contributed by atoms with Crippen molar-refractivity contribution in [3.63, 3.8) is 0 Å². The van der Waals surface area contributed by atoms with Crippen LogP contribution in [0.2, 0.25) is 5.02 Å². The van der Waals surface area contributed by atoms with Crippen LogP contribution in [0.15, 0.2) is 48.5 Å². The molecule has 0 aliphatic rings. The van der Waals surface area contributed by atoms with Gasteiger partial charge in [0.05, 0.1) is 6.54 Å². The number of hydrogen-bond acceptors (Lipinski definition) is 3. The minimum atomic E-state index is -0.150. The van der Waals surface area contributed by atoms with Crippen LogP contribution in [0.5, 0.6) is 5.75 Å². The molecule has 0 radical (unpaired) electrons. The van der Waals surface area contributed by atoms with Crippen LogP contribution in [0.4, 0.5) is 5.69 Å². The second kappa shape index (κ2) is 6.93. The van der Waals surface area contributed by atoms with Crippen LogP contribution in [0.3, 0.4) is 0 Å². The van der Waals surface area contributed by atoms with E-state index in [1.165, 1.54) is 0 Å². The third-order valence-corrected chi connectivity index (χ3v) is 2.97. The second-order valence-corrected chi connectivity index (χ2v) is 4.72. The Kier molecular flexibility index (Phi) is 4.98. The van der Waals surface area contributed by atoms with Gasteiger partial charge in [0, 0.05) is 22.8 Å². The molecule has 0 saturated carbocycles. The lowest BCUT2D eigenvalue weighted by Crippen LogP contribution is -2.27. The zero-order chi connectivity index (χ0) is 14.4. The van der Waals surface area contributed by atoms with Gasteiger partial charge in [-0.15, -0.1) is 0 Å². The molecule has 2 aromatic carbocycles. The van der Waals surface area contributed by atoms with Gasteiger partial charge >= 0.3 is 0 Å². The monoisotopic (exact) mass is 290 g/mol. The Hall–Kier alpha value is -2.04. The molecule has 0 aromatic heterocycles. The van der Waals surface area contributed by atoms with Crippen molar-refractivity contribution in [2.75, 3.05) is 11.9 Å². The van der Waals surface area contributed by atoms with E-state index in [1.54, 1.807) is 42.5 Å². The topological polar surface area (TPSA) is 61.4 Å². The fourth-order valence-corrected chi connectivity index (χ4v) is 1.84. The number of phenolic OH excluding ortho intramolecular Hbond substituents is 1. The average molecular weight is 291 g/mol. The molecule has 1 amide bonds. The molecule has 20 heavy (non-hydrogen) atoms. The van der Waals surface area contributed by atoms with Gasteiger partial charge < -0.3 is 15.7 Å². The maximum atomic E-state index is 11.7. The Morgan fingerprint density at radius 2 is 1.80 bits per heavy atom. The zero-order valence-corrected chi connectivity index (χ0v) is 11.5. The second-order valence-electron chi connectivity index (χ2n) is 4.29. The van der Waals surface area contributed by atoms with Crippen LogP contribution < -0.4 is 10.6 Å². The number of phenols is 1. The van der Waals surface area contributed by atoms with E-state index in [9.17, 15) is 9.90 Å². The number of rotatable bonds is 5. The largest absolute Gasteiger partial charge is 0.508 e. The molecular weight excluding hydrogens is 276 g/mol. The van der Waals surface area contributed by atoms with Crippen molar-refractivity contribution in [2.45, 2.75) is 6.54 Å². The van der Waals surface area contributed by atoms with E-state index in [0.29, 0.717) is 17.3 Å². The van der Waals surface area contributed by atoms with E-state index < -0.39 is 0 Å². The molecule has 4 nitrogen and oxygen atoms in total. The number of benzene rings is 2. The van der Waals surface area contributed by atoms with Gasteiger partial charge in [0.1, 0.15) is 5.75 Å². The Morgan fingerprint density at radius 3 is 2.50 bits per heavy atom. The number of anilines is 1. The van der Waals surface area contributed by atoms with Gasteiger partial charge in [0.15, 0.2) is 0 Å². The average Bonchev–Trinajstić information content (AvgIpc) is 2.43. The molecular formula is C15H15ClN2O2. The quantitative estimate of drug-likeness (QED) is 0.793. The normalized spacial score (nSPS) is 10.2. The van der Waals surface area contributed by atoms with E-state index in [0.717, 1.165) is 5.56 Å². The molecule has 0 fully saturated rings. The number of para-hydroxylation sites is 1. The first kappa shape index (κ1) is 14.4. The number of halogens is 1. The highest BCUT2D eigenvalue weighted by atomic mass is 35.5. The summed E-state index contributed by atoms with van der Waals surface area (Å²) in [7, 11) is 0. The van der Waals surface area contributed by atoms with Crippen LogP contribution >= 0.6 is 11.6 Å². The van der Waals surface area contributed by atoms with Crippen molar-refractivity contribution in [3.8, 4) is 5.75 Å². The lowest BCUT2D eigenvalue weighted by atomic mass is 10.2. The van der Waals surface area contributed by atoms with Gasteiger partial charge in [0.2, 0.25) is 5.91 Å². The third-order valence-electron chi connectivity index (χ3n) is 2.72. The minimum Gasteiger partial charge on any atom is -0.508 e. The molecule has 104 valence electrons. The molecule has 0 heterocycles. The summed E-state index contributed by atoms with van der Waals surface area (Å²) >= 11 is 5.77. The predicted octanol–water partition coefficient (Wildman–Crippen LogP) is 2.77. The number of amides is 1. The van der Waals surface area contributed by atoms with E-state index in [4.69, 9.17) is 11.6 Å². The molecule has 0 aliphatic carbocycles. The number of nitrogens with one attached hydrogen (secondary N) is 2. The smallest absolute Gasteiger partial charge is 0.238 e. The molecule has 0 saturated heterocycles. The van der Waals surface area contributed by atoms with E-state index in [1.807, 2.05) is 6.07 Å². The molecule has 0 bridgehead atoms. The summed E-state index contributed by atoms with van der Waals surface area (Å²) in [5.74, 6) is 0.0702. The van der Waals surface area contributed by atoms with Crippen molar-refractivity contribution >= 4 is 23.2 Å². The first-order chi connectivity index (χ1) is 9.65. The highest BCUT2D eigenvalue weighted by Gasteiger charge is 2.03. The van der Waals surface area contributed by atoms with Crippen LogP contribution in [0, 0.1) is 0 Å². The van der Waals surface area contributed by atoms with E-state index >= 15 is 0 Å². The van der Waals surface area contributed by atoms with Crippen molar-refractivity contribution in [1.82, 2.24) is 5.32 Å². The molecule has 2 rings (SSSR count). The fourth-order valence-electron chi connectivity index (χ4n) is 1.71. The van der Waals surface area contributed by atoms with Crippen LogP contribution in [0.1, 0.15) is 5.56 Å². The SMILES string of the molecule is O=C(CNCc1ccccc1O)Nc1ccc(Cl)cc1. The number of aromatic hydroxyl groups is 1. The summed E-state index contributed by atoms with van der Waals surface area (Å²) in [5.41, 5.74) is 1.45. The van der Waals surface area contributed by atoms with Gasteiger partial charge in [-0.05, 0) is 30.3 Å². The summed E-state index contributed by atoms with van der Waals surface area (Å²) < 4.78 is 0. The minimum absolute atomic E-state index is 0.150.